The summed E-state index contributed by atoms with van der Waals surface area (Å²) in [6, 6.07) is 13.4. The van der Waals surface area contributed by atoms with Crippen LogP contribution in [0.2, 0.25) is 0 Å². The predicted molar refractivity (Wildman–Crippen MR) is 79.3 cm³/mol. The molecule has 0 aromatic heterocycles. The van der Waals surface area contributed by atoms with Gasteiger partial charge in [0.05, 0.1) is 12.5 Å². The molecule has 2 aromatic rings. The zero-order valence-electron chi connectivity index (χ0n) is 11.8. The first-order chi connectivity index (χ1) is 10.1. The van der Waals surface area contributed by atoms with Gasteiger partial charge in [-0.1, -0.05) is 36.4 Å². The van der Waals surface area contributed by atoms with E-state index in [9.17, 15) is 14.3 Å². The summed E-state index contributed by atoms with van der Waals surface area (Å²) in [5.74, 6) is -0.572. The molecule has 0 aliphatic carbocycles. The minimum atomic E-state index is -0.915. The van der Waals surface area contributed by atoms with Gasteiger partial charge in [0.2, 0.25) is 5.91 Å². The number of carbonyl (C=O) groups is 1. The van der Waals surface area contributed by atoms with Crippen LogP contribution in [-0.4, -0.2) is 17.6 Å². The van der Waals surface area contributed by atoms with Gasteiger partial charge >= 0.3 is 0 Å². The van der Waals surface area contributed by atoms with Gasteiger partial charge in [-0.25, -0.2) is 4.39 Å². The van der Waals surface area contributed by atoms with Crippen molar-refractivity contribution < 1.29 is 14.3 Å². The van der Waals surface area contributed by atoms with E-state index in [0.717, 1.165) is 11.1 Å². The quantitative estimate of drug-likeness (QED) is 0.888. The van der Waals surface area contributed by atoms with Crippen LogP contribution in [0.3, 0.4) is 0 Å². The Morgan fingerprint density at radius 2 is 2.00 bits per heavy atom. The van der Waals surface area contributed by atoms with Crippen molar-refractivity contribution in [3.63, 3.8) is 0 Å². The highest BCUT2D eigenvalue weighted by Crippen LogP contribution is 2.13. The van der Waals surface area contributed by atoms with Crippen molar-refractivity contribution in [2.24, 2.45) is 0 Å². The lowest BCUT2D eigenvalue weighted by molar-refractivity contribution is -0.120. The van der Waals surface area contributed by atoms with Crippen molar-refractivity contribution in [1.29, 1.82) is 0 Å². The number of aliphatic hydroxyl groups excluding tert-OH is 1. The highest BCUT2D eigenvalue weighted by molar-refractivity contribution is 5.78. The van der Waals surface area contributed by atoms with Gasteiger partial charge in [0, 0.05) is 6.54 Å². The number of carbonyl (C=O) groups excluding carboxylic acids is 1. The highest BCUT2D eigenvalue weighted by Gasteiger charge is 2.11. The summed E-state index contributed by atoms with van der Waals surface area (Å²) in [5.41, 5.74) is 2.46. The van der Waals surface area contributed by atoms with E-state index in [2.05, 4.69) is 5.32 Å². The van der Waals surface area contributed by atoms with Crippen LogP contribution in [0, 0.1) is 12.7 Å². The molecule has 2 N–H and O–H groups in total. The van der Waals surface area contributed by atoms with Gasteiger partial charge in [-0.05, 0) is 35.7 Å². The van der Waals surface area contributed by atoms with Crippen LogP contribution in [0.1, 0.15) is 22.8 Å². The average Bonchev–Trinajstić information content (AvgIpc) is 2.47. The van der Waals surface area contributed by atoms with Crippen molar-refractivity contribution in [3.8, 4) is 0 Å². The third-order valence-electron chi connectivity index (χ3n) is 3.34. The van der Waals surface area contributed by atoms with Crippen molar-refractivity contribution in [2.75, 3.05) is 6.54 Å². The molecule has 0 unspecified atom stereocenters. The summed E-state index contributed by atoms with van der Waals surface area (Å²) in [7, 11) is 0. The van der Waals surface area contributed by atoms with E-state index in [0.29, 0.717) is 5.56 Å². The van der Waals surface area contributed by atoms with Crippen LogP contribution in [-0.2, 0) is 11.2 Å². The Labute approximate surface area is 123 Å². The Morgan fingerprint density at radius 3 is 2.71 bits per heavy atom. The van der Waals surface area contributed by atoms with E-state index in [1.807, 2.05) is 31.2 Å². The van der Waals surface area contributed by atoms with Crippen molar-refractivity contribution >= 4 is 5.91 Å². The number of benzene rings is 2. The number of nitrogens with one attached hydrogen (secondary N) is 1. The highest BCUT2D eigenvalue weighted by atomic mass is 19.1. The zero-order valence-corrected chi connectivity index (χ0v) is 11.8. The molecular weight excluding hydrogens is 269 g/mol. The Balaban J connectivity index is 1.88. The zero-order chi connectivity index (χ0) is 15.2. The molecule has 0 bridgehead atoms. The topological polar surface area (TPSA) is 49.3 Å². The fourth-order valence-electron chi connectivity index (χ4n) is 2.09. The molecule has 0 fully saturated rings. The fourth-order valence-corrected chi connectivity index (χ4v) is 2.09. The smallest absolute Gasteiger partial charge is 0.224 e. The molecule has 0 saturated heterocycles. The second-order valence-electron chi connectivity index (χ2n) is 4.98. The van der Waals surface area contributed by atoms with Gasteiger partial charge in [-0.2, -0.15) is 0 Å². The summed E-state index contributed by atoms with van der Waals surface area (Å²) in [4.78, 5) is 11.9. The predicted octanol–water partition coefficient (Wildman–Crippen LogP) is 2.53. The fraction of sp³-hybridized carbons (Fsp3) is 0.235. The molecule has 21 heavy (non-hydrogen) atoms. The van der Waals surface area contributed by atoms with Crippen LogP contribution in [0.5, 0.6) is 0 Å². The van der Waals surface area contributed by atoms with Crippen LogP contribution in [0.15, 0.2) is 48.5 Å². The molecule has 1 atom stereocenters. The summed E-state index contributed by atoms with van der Waals surface area (Å²) < 4.78 is 13.1. The number of rotatable bonds is 5. The van der Waals surface area contributed by atoms with Gasteiger partial charge in [-0.3, -0.25) is 4.79 Å². The largest absolute Gasteiger partial charge is 0.387 e. The molecule has 0 aliphatic rings. The number of hydrogen-bond donors (Lipinski definition) is 2. The van der Waals surface area contributed by atoms with Crippen molar-refractivity contribution in [2.45, 2.75) is 19.4 Å². The van der Waals surface area contributed by atoms with E-state index < -0.39 is 11.9 Å². The average molecular weight is 287 g/mol. The molecule has 0 spiro atoms. The number of aryl methyl sites for hydroxylation is 1. The summed E-state index contributed by atoms with van der Waals surface area (Å²) in [6.45, 7) is 2.01. The maximum Gasteiger partial charge on any atom is 0.224 e. The lowest BCUT2D eigenvalue weighted by Crippen LogP contribution is -2.29. The van der Waals surface area contributed by atoms with Gasteiger partial charge in [-0.15, -0.1) is 0 Å². The number of hydrogen-bond acceptors (Lipinski definition) is 2. The minimum Gasteiger partial charge on any atom is -0.387 e. The number of amides is 1. The first-order valence-electron chi connectivity index (χ1n) is 6.81. The SMILES string of the molecule is Cc1ccccc1CC(=O)NC[C@H](O)c1cccc(F)c1. The molecule has 0 saturated carbocycles. The molecule has 0 aliphatic heterocycles. The van der Waals surface area contributed by atoms with E-state index in [1.54, 1.807) is 6.07 Å². The van der Waals surface area contributed by atoms with E-state index >= 15 is 0 Å². The summed E-state index contributed by atoms with van der Waals surface area (Å²) >= 11 is 0. The molecule has 0 heterocycles. The second kappa shape index (κ2) is 6.99. The number of aliphatic hydroxyl groups is 1. The molecule has 4 heteroatoms. The number of halogens is 1. The summed E-state index contributed by atoms with van der Waals surface area (Å²) in [6.07, 6.45) is -0.649. The summed E-state index contributed by atoms with van der Waals surface area (Å²) in [5, 5.41) is 12.6. The molecule has 2 aromatic carbocycles. The van der Waals surface area contributed by atoms with Gasteiger partial charge in [0.25, 0.3) is 0 Å². The third kappa shape index (κ3) is 4.39. The maximum absolute atomic E-state index is 13.1. The molecule has 2 rings (SSSR count). The first kappa shape index (κ1) is 15.2. The Morgan fingerprint density at radius 1 is 1.24 bits per heavy atom. The van der Waals surface area contributed by atoms with Crippen LogP contribution in [0.25, 0.3) is 0 Å². The Hall–Kier alpha value is -2.20. The third-order valence-corrected chi connectivity index (χ3v) is 3.34. The molecular formula is C17H18FNO2. The Bertz CT molecular complexity index is 628. The van der Waals surface area contributed by atoms with Gasteiger partial charge in [0.1, 0.15) is 5.82 Å². The standard InChI is InChI=1S/C17H18FNO2/c1-12-5-2-3-6-13(12)10-17(21)19-11-16(20)14-7-4-8-15(18)9-14/h2-9,16,20H,10-11H2,1H3,(H,19,21)/t16-/m0/s1. The molecule has 3 nitrogen and oxygen atoms in total. The van der Waals surface area contributed by atoms with Gasteiger partial charge in [0.15, 0.2) is 0 Å². The minimum absolute atomic E-state index is 0.0637. The van der Waals surface area contributed by atoms with E-state index in [1.165, 1.54) is 18.2 Å². The monoisotopic (exact) mass is 287 g/mol. The van der Waals surface area contributed by atoms with Crippen molar-refractivity contribution in [1.82, 2.24) is 5.32 Å². The van der Waals surface area contributed by atoms with Crippen LogP contribution in [0.4, 0.5) is 4.39 Å². The Kier molecular flexibility index (Phi) is 5.06. The van der Waals surface area contributed by atoms with Gasteiger partial charge < -0.3 is 10.4 Å². The first-order valence-corrected chi connectivity index (χ1v) is 6.81. The molecule has 110 valence electrons. The lowest BCUT2D eigenvalue weighted by atomic mass is 10.1. The van der Waals surface area contributed by atoms with Crippen LogP contribution >= 0.6 is 0 Å². The van der Waals surface area contributed by atoms with E-state index in [-0.39, 0.29) is 18.9 Å². The second-order valence-corrected chi connectivity index (χ2v) is 4.98. The molecule has 0 radical (unpaired) electrons. The van der Waals surface area contributed by atoms with E-state index in [4.69, 9.17) is 0 Å². The van der Waals surface area contributed by atoms with Crippen molar-refractivity contribution in [3.05, 3.63) is 71.0 Å². The van der Waals surface area contributed by atoms with Crippen LogP contribution < -0.4 is 5.32 Å². The molecule has 1 amide bonds. The maximum atomic E-state index is 13.1. The lowest BCUT2D eigenvalue weighted by Gasteiger charge is -2.13. The normalized spacial score (nSPS) is 12.0.